The van der Waals surface area contributed by atoms with E-state index in [1.54, 1.807) is 6.07 Å². The second-order valence-corrected chi connectivity index (χ2v) is 3.26. The van der Waals surface area contributed by atoms with Crippen LogP contribution in [0, 0.1) is 17.1 Å². The summed E-state index contributed by atoms with van der Waals surface area (Å²) in [5.74, 6) is -1.14. The van der Waals surface area contributed by atoms with Crippen molar-refractivity contribution in [2.45, 2.75) is 0 Å². The third kappa shape index (κ3) is 2.28. The maximum Gasteiger partial charge on any atom is 0.174 e. The van der Waals surface area contributed by atoms with Crippen molar-refractivity contribution in [3.63, 3.8) is 0 Å². The number of rotatable bonds is 3. The van der Waals surface area contributed by atoms with Gasteiger partial charge < -0.3 is 0 Å². The summed E-state index contributed by atoms with van der Waals surface area (Å²) in [7, 11) is 0. The van der Waals surface area contributed by atoms with Gasteiger partial charge in [-0.3, -0.25) is 9.59 Å². The minimum atomic E-state index is -0.708. The van der Waals surface area contributed by atoms with Crippen molar-refractivity contribution in [1.82, 2.24) is 0 Å². The number of hydrogen-bond acceptors (Lipinski definition) is 3. The van der Waals surface area contributed by atoms with Crippen LogP contribution in [0.2, 0.25) is 0 Å². The molecule has 0 aliphatic rings. The number of hydrogen-bond donors (Lipinski definition) is 0. The van der Waals surface area contributed by atoms with E-state index < -0.39 is 11.6 Å². The number of Topliss-reactive ketones (excluding diaryl/α,β-unsaturated/α-hetero) is 1. The summed E-state index contributed by atoms with van der Waals surface area (Å²) in [5.41, 5.74) is -0.269. The molecule has 0 amide bonds. The lowest BCUT2D eigenvalue weighted by Gasteiger charge is -2.03. The standard InChI is InChI=1S/C10H5BrFNO2/c11-3-10(15)8-2-7(12)1-6(5-14)9(8)4-13/h1-2,5H,3H2. The Labute approximate surface area is 93.6 Å². The van der Waals surface area contributed by atoms with Crippen LogP contribution in [0.25, 0.3) is 0 Å². The van der Waals surface area contributed by atoms with Crippen molar-refractivity contribution in [2.24, 2.45) is 0 Å². The fourth-order valence-corrected chi connectivity index (χ4v) is 1.44. The van der Waals surface area contributed by atoms with Gasteiger partial charge in [0.1, 0.15) is 11.9 Å². The van der Waals surface area contributed by atoms with Gasteiger partial charge in [-0.25, -0.2) is 4.39 Å². The Morgan fingerprint density at radius 1 is 1.60 bits per heavy atom. The first-order chi connectivity index (χ1) is 7.13. The van der Waals surface area contributed by atoms with Crippen molar-refractivity contribution in [3.05, 3.63) is 34.6 Å². The van der Waals surface area contributed by atoms with Crippen molar-refractivity contribution < 1.29 is 14.0 Å². The average Bonchev–Trinajstić information content (AvgIpc) is 2.26. The molecule has 0 aromatic heterocycles. The van der Waals surface area contributed by atoms with Crippen molar-refractivity contribution in [2.75, 3.05) is 5.33 Å². The predicted octanol–water partition coefficient (Wildman–Crippen LogP) is 2.09. The molecule has 0 aliphatic heterocycles. The summed E-state index contributed by atoms with van der Waals surface area (Å²) < 4.78 is 13.0. The average molecular weight is 270 g/mol. The van der Waals surface area contributed by atoms with E-state index >= 15 is 0 Å². The molecule has 0 heterocycles. The van der Waals surface area contributed by atoms with Crippen molar-refractivity contribution >= 4 is 28.0 Å². The third-order valence-electron chi connectivity index (χ3n) is 1.79. The normalized spacial score (nSPS) is 9.40. The van der Waals surface area contributed by atoms with Gasteiger partial charge in [0.2, 0.25) is 0 Å². The van der Waals surface area contributed by atoms with Crippen LogP contribution in [0.15, 0.2) is 12.1 Å². The number of ketones is 1. The number of carbonyl (C=O) groups is 2. The molecular weight excluding hydrogens is 265 g/mol. The lowest BCUT2D eigenvalue weighted by Crippen LogP contribution is -2.06. The summed E-state index contributed by atoms with van der Waals surface area (Å²) in [6.45, 7) is 0. The van der Waals surface area contributed by atoms with Crippen LogP contribution in [0.3, 0.4) is 0 Å². The molecule has 1 rings (SSSR count). The topological polar surface area (TPSA) is 57.9 Å². The molecular formula is C10H5BrFNO2. The zero-order valence-corrected chi connectivity index (χ0v) is 9.04. The summed E-state index contributed by atoms with van der Waals surface area (Å²) in [4.78, 5) is 21.9. The molecule has 0 fully saturated rings. The van der Waals surface area contributed by atoms with Gasteiger partial charge in [-0.2, -0.15) is 5.26 Å². The van der Waals surface area contributed by atoms with Gasteiger partial charge in [-0.1, -0.05) is 15.9 Å². The lowest BCUT2D eigenvalue weighted by atomic mass is 10.00. The summed E-state index contributed by atoms with van der Waals surface area (Å²) in [5, 5.41) is 8.74. The van der Waals surface area contributed by atoms with E-state index in [-0.39, 0.29) is 22.0 Å². The first-order valence-corrected chi connectivity index (χ1v) is 5.04. The molecule has 1 aromatic carbocycles. The Morgan fingerprint density at radius 2 is 2.27 bits per heavy atom. The molecule has 76 valence electrons. The van der Waals surface area contributed by atoms with Gasteiger partial charge in [0.25, 0.3) is 0 Å². The number of nitriles is 1. The highest BCUT2D eigenvalue weighted by Crippen LogP contribution is 2.16. The van der Waals surface area contributed by atoms with E-state index in [0.29, 0.717) is 6.29 Å². The lowest BCUT2D eigenvalue weighted by molar-refractivity contribution is 0.102. The number of alkyl halides is 1. The van der Waals surface area contributed by atoms with Gasteiger partial charge in [-0.05, 0) is 12.1 Å². The molecule has 0 saturated heterocycles. The fraction of sp³-hybridized carbons (Fsp3) is 0.100. The maximum absolute atomic E-state index is 13.0. The van der Waals surface area contributed by atoms with Gasteiger partial charge >= 0.3 is 0 Å². The minimum absolute atomic E-state index is 0.0244. The van der Waals surface area contributed by atoms with Crippen LogP contribution in [-0.2, 0) is 0 Å². The summed E-state index contributed by atoms with van der Waals surface area (Å²) in [6.07, 6.45) is 0.354. The fourth-order valence-electron chi connectivity index (χ4n) is 1.14. The van der Waals surface area contributed by atoms with Crippen LogP contribution < -0.4 is 0 Å². The Bertz CT molecular complexity index is 465. The Balaban J connectivity index is 3.50. The maximum atomic E-state index is 13.0. The van der Waals surface area contributed by atoms with Crippen molar-refractivity contribution in [1.29, 1.82) is 5.26 Å². The van der Waals surface area contributed by atoms with Crippen LogP contribution >= 0.6 is 15.9 Å². The molecule has 3 nitrogen and oxygen atoms in total. The molecule has 0 aliphatic carbocycles. The smallest absolute Gasteiger partial charge is 0.174 e. The van der Waals surface area contributed by atoms with Gasteiger partial charge in [0.15, 0.2) is 12.1 Å². The first-order valence-electron chi connectivity index (χ1n) is 3.92. The molecule has 0 spiro atoms. The van der Waals surface area contributed by atoms with Gasteiger partial charge in [-0.15, -0.1) is 0 Å². The Hall–Kier alpha value is -1.54. The summed E-state index contributed by atoms with van der Waals surface area (Å²) in [6, 6.07) is 3.60. The summed E-state index contributed by atoms with van der Waals surface area (Å²) >= 11 is 2.92. The zero-order valence-electron chi connectivity index (χ0n) is 7.46. The molecule has 0 N–H and O–H groups in total. The van der Waals surface area contributed by atoms with E-state index in [1.165, 1.54) is 0 Å². The Kier molecular flexibility index (Phi) is 3.69. The molecule has 1 aromatic rings. The third-order valence-corrected chi connectivity index (χ3v) is 2.30. The molecule has 0 bridgehead atoms. The highest BCUT2D eigenvalue weighted by Gasteiger charge is 2.15. The van der Waals surface area contributed by atoms with E-state index in [0.717, 1.165) is 12.1 Å². The largest absolute Gasteiger partial charge is 0.298 e. The quantitative estimate of drug-likeness (QED) is 0.480. The van der Waals surface area contributed by atoms with E-state index in [4.69, 9.17) is 5.26 Å². The van der Waals surface area contributed by atoms with Crippen molar-refractivity contribution in [3.8, 4) is 6.07 Å². The number of aldehydes is 1. The zero-order chi connectivity index (χ0) is 11.4. The van der Waals surface area contributed by atoms with Gasteiger partial charge in [0, 0.05) is 11.1 Å². The van der Waals surface area contributed by atoms with E-state index in [9.17, 15) is 14.0 Å². The number of carbonyl (C=O) groups excluding carboxylic acids is 2. The Morgan fingerprint density at radius 3 is 2.73 bits per heavy atom. The molecule has 15 heavy (non-hydrogen) atoms. The number of halogens is 2. The highest BCUT2D eigenvalue weighted by molar-refractivity contribution is 9.09. The molecule has 0 radical (unpaired) electrons. The number of nitrogens with zero attached hydrogens (tertiary/aromatic N) is 1. The van der Waals surface area contributed by atoms with Crippen LogP contribution in [0.4, 0.5) is 4.39 Å². The van der Waals surface area contributed by atoms with Gasteiger partial charge in [0.05, 0.1) is 10.9 Å². The number of benzene rings is 1. The monoisotopic (exact) mass is 269 g/mol. The van der Waals surface area contributed by atoms with Crippen LogP contribution in [0.5, 0.6) is 0 Å². The van der Waals surface area contributed by atoms with Crippen LogP contribution in [0.1, 0.15) is 26.3 Å². The second-order valence-electron chi connectivity index (χ2n) is 2.70. The molecule has 0 atom stereocenters. The highest BCUT2D eigenvalue weighted by atomic mass is 79.9. The van der Waals surface area contributed by atoms with E-state index in [2.05, 4.69) is 15.9 Å². The SMILES string of the molecule is N#Cc1c(C=O)cc(F)cc1C(=O)CBr. The minimum Gasteiger partial charge on any atom is -0.298 e. The molecule has 5 heteroatoms. The second kappa shape index (κ2) is 4.80. The predicted molar refractivity (Wildman–Crippen MR) is 54.6 cm³/mol. The molecule has 0 unspecified atom stereocenters. The van der Waals surface area contributed by atoms with Crippen LogP contribution in [-0.4, -0.2) is 17.4 Å². The first kappa shape index (κ1) is 11.5. The van der Waals surface area contributed by atoms with E-state index in [1.807, 2.05) is 0 Å². The molecule has 0 saturated carbocycles.